The van der Waals surface area contributed by atoms with Gasteiger partial charge in [0.1, 0.15) is 17.7 Å². The molecule has 142 valence electrons. The van der Waals surface area contributed by atoms with Crippen LogP contribution in [0.15, 0.2) is 36.4 Å². The molecule has 2 aromatic carbocycles. The van der Waals surface area contributed by atoms with Crippen LogP contribution in [0.5, 0.6) is 11.5 Å². The van der Waals surface area contributed by atoms with Gasteiger partial charge in [0.25, 0.3) is 0 Å². The number of carbonyl (C=O) groups excluding carboxylic acids is 1. The van der Waals surface area contributed by atoms with Crippen molar-refractivity contribution in [2.45, 2.75) is 0 Å². The number of fused-ring (bicyclic) bond motifs is 1. The molecule has 0 bridgehead atoms. The summed E-state index contributed by atoms with van der Waals surface area (Å²) in [5.41, 5.74) is 1.98. The Bertz CT molecular complexity index is 1100. The lowest BCUT2D eigenvalue weighted by atomic mass is 10.1. The summed E-state index contributed by atoms with van der Waals surface area (Å²) in [7, 11) is 2.74. The van der Waals surface area contributed by atoms with Gasteiger partial charge in [0, 0.05) is 0 Å². The topological polar surface area (TPSA) is 97.2 Å². The zero-order valence-corrected chi connectivity index (χ0v) is 15.2. The van der Waals surface area contributed by atoms with Crippen LogP contribution < -0.4 is 9.47 Å². The van der Waals surface area contributed by atoms with E-state index in [0.29, 0.717) is 33.9 Å². The van der Waals surface area contributed by atoms with Gasteiger partial charge in [-0.25, -0.2) is 14.2 Å². The monoisotopic (exact) mass is 381 g/mol. The number of allylic oxidation sites excluding steroid dienone is 1. The molecule has 3 aromatic rings. The molecule has 0 aliphatic heterocycles. The Morgan fingerprint density at radius 3 is 2.79 bits per heavy atom. The number of imidazole rings is 1. The van der Waals surface area contributed by atoms with Crippen LogP contribution in [0.4, 0.5) is 4.39 Å². The number of hydrogen-bond acceptors (Lipinski definition) is 6. The largest absolute Gasteiger partial charge is 0.493 e. The number of esters is 1. The Balaban J connectivity index is 1.91. The minimum atomic E-state index is -0.515. The van der Waals surface area contributed by atoms with E-state index in [4.69, 9.17) is 9.47 Å². The molecule has 0 amide bonds. The lowest BCUT2D eigenvalue weighted by molar-refractivity contribution is -0.142. The fraction of sp³-hybridized carbons (Fsp3) is 0.150. The van der Waals surface area contributed by atoms with Crippen molar-refractivity contribution in [2.24, 2.45) is 0 Å². The normalized spacial score (nSPS) is 11.1. The van der Waals surface area contributed by atoms with Crippen molar-refractivity contribution in [3.63, 3.8) is 0 Å². The molecular formula is C20H16FN3O4. The van der Waals surface area contributed by atoms with Gasteiger partial charge in [-0.3, -0.25) is 0 Å². The number of halogens is 1. The Labute approximate surface area is 160 Å². The highest BCUT2D eigenvalue weighted by Crippen LogP contribution is 2.30. The second-order valence-electron chi connectivity index (χ2n) is 5.69. The number of benzene rings is 2. The average Bonchev–Trinajstić information content (AvgIpc) is 3.13. The van der Waals surface area contributed by atoms with Crippen molar-refractivity contribution in [1.29, 1.82) is 5.26 Å². The lowest BCUT2D eigenvalue weighted by Crippen LogP contribution is -2.12. The Morgan fingerprint density at radius 1 is 1.25 bits per heavy atom. The quantitative estimate of drug-likeness (QED) is 0.520. The molecule has 1 heterocycles. The second kappa shape index (κ2) is 8.22. The molecule has 3 rings (SSSR count). The molecule has 0 saturated heterocycles. The number of carbonyl (C=O) groups is 1. The van der Waals surface area contributed by atoms with Gasteiger partial charge in [-0.05, 0) is 42.0 Å². The molecule has 0 unspecified atom stereocenters. The number of nitrogens with one attached hydrogen (secondary N) is 1. The van der Waals surface area contributed by atoms with Gasteiger partial charge in [0.15, 0.2) is 18.1 Å². The summed E-state index contributed by atoms with van der Waals surface area (Å²) in [5, 5.41) is 9.51. The zero-order chi connectivity index (χ0) is 20.1. The fourth-order valence-corrected chi connectivity index (χ4v) is 2.52. The first-order valence-corrected chi connectivity index (χ1v) is 8.19. The minimum Gasteiger partial charge on any atom is -0.493 e. The van der Waals surface area contributed by atoms with Crippen LogP contribution in [0.2, 0.25) is 0 Å². The number of hydrogen-bond donors (Lipinski definition) is 1. The summed E-state index contributed by atoms with van der Waals surface area (Å²) >= 11 is 0. The third-order valence-electron chi connectivity index (χ3n) is 3.89. The number of aromatic nitrogens is 2. The molecular weight excluding hydrogens is 365 g/mol. The van der Waals surface area contributed by atoms with E-state index >= 15 is 0 Å². The van der Waals surface area contributed by atoms with Crippen molar-refractivity contribution < 1.29 is 23.4 Å². The Morgan fingerprint density at radius 2 is 2.07 bits per heavy atom. The molecule has 28 heavy (non-hydrogen) atoms. The molecule has 1 aromatic heterocycles. The van der Waals surface area contributed by atoms with Crippen LogP contribution in [0.3, 0.4) is 0 Å². The van der Waals surface area contributed by atoms with E-state index < -0.39 is 11.8 Å². The molecule has 0 aliphatic rings. The van der Waals surface area contributed by atoms with Gasteiger partial charge < -0.3 is 19.2 Å². The highest BCUT2D eigenvalue weighted by Gasteiger charge is 2.11. The minimum absolute atomic E-state index is 0.249. The first-order valence-electron chi connectivity index (χ1n) is 8.19. The smallest absolute Gasteiger partial charge is 0.343 e. The molecule has 0 radical (unpaired) electrons. The number of H-pyrrole nitrogens is 1. The number of nitrogens with zero attached hydrogens (tertiary/aromatic N) is 2. The third-order valence-corrected chi connectivity index (χ3v) is 3.89. The van der Waals surface area contributed by atoms with Crippen molar-refractivity contribution in [2.75, 3.05) is 20.8 Å². The van der Waals surface area contributed by atoms with Crippen LogP contribution in [0.1, 0.15) is 11.4 Å². The molecule has 0 atom stereocenters. The first kappa shape index (κ1) is 18.9. The molecule has 0 spiro atoms. The van der Waals surface area contributed by atoms with Gasteiger partial charge in [-0.1, -0.05) is 6.07 Å². The van der Waals surface area contributed by atoms with Crippen molar-refractivity contribution in [3.05, 3.63) is 53.6 Å². The van der Waals surface area contributed by atoms with E-state index in [1.165, 1.54) is 32.4 Å². The lowest BCUT2D eigenvalue weighted by Gasteiger charge is -2.10. The van der Waals surface area contributed by atoms with Gasteiger partial charge in [0.2, 0.25) is 0 Å². The van der Waals surface area contributed by atoms with E-state index in [-0.39, 0.29) is 12.2 Å². The first-order chi connectivity index (χ1) is 13.5. The van der Waals surface area contributed by atoms with Crippen molar-refractivity contribution >= 4 is 28.7 Å². The maximum absolute atomic E-state index is 13.4. The van der Waals surface area contributed by atoms with Crippen LogP contribution in [0.25, 0.3) is 22.7 Å². The highest BCUT2D eigenvalue weighted by atomic mass is 19.1. The molecule has 0 saturated carbocycles. The summed E-state index contributed by atoms with van der Waals surface area (Å²) in [6.45, 7) is -0.249. The van der Waals surface area contributed by atoms with E-state index in [0.717, 1.165) is 0 Å². The SMILES string of the molecule is COC(=O)COc1ccc(/C=C(/C#N)c2nc3ccc(F)cc3[nH]2)cc1OC. The van der Waals surface area contributed by atoms with E-state index in [2.05, 4.69) is 20.8 Å². The number of ether oxygens (including phenoxy) is 3. The molecule has 7 nitrogen and oxygen atoms in total. The molecule has 0 aliphatic carbocycles. The average molecular weight is 381 g/mol. The predicted octanol–water partition coefficient (Wildman–Crippen LogP) is 3.33. The maximum atomic E-state index is 13.4. The third kappa shape index (κ3) is 4.10. The summed E-state index contributed by atoms with van der Waals surface area (Å²) in [6, 6.07) is 11.2. The standard InChI is InChI=1S/C20H16FN3O4/c1-26-18-8-12(3-6-17(18)28-11-19(25)27-2)7-13(10-22)20-23-15-5-4-14(21)9-16(15)24-20/h3-9H,11H2,1-2H3,(H,23,24)/b13-7-. The van der Waals surface area contributed by atoms with E-state index in [1.54, 1.807) is 24.3 Å². The van der Waals surface area contributed by atoms with Gasteiger partial charge in [-0.2, -0.15) is 5.26 Å². The van der Waals surface area contributed by atoms with Gasteiger partial charge in [-0.15, -0.1) is 0 Å². The fourth-order valence-electron chi connectivity index (χ4n) is 2.52. The predicted molar refractivity (Wildman–Crippen MR) is 100 cm³/mol. The maximum Gasteiger partial charge on any atom is 0.343 e. The highest BCUT2D eigenvalue weighted by molar-refractivity contribution is 5.90. The van der Waals surface area contributed by atoms with Crippen LogP contribution >= 0.6 is 0 Å². The number of nitriles is 1. The van der Waals surface area contributed by atoms with E-state index in [1.807, 2.05) is 0 Å². The molecule has 8 heteroatoms. The second-order valence-corrected chi connectivity index (χ2v) is 5.69. The summed E-state index contributed by atoms with van der Waals surface area (Å²) in [4.78, 5) is 18.5. The molecule has 1 N–H and O–H groups in total. The number of aromatic amines is 1. The van der Waals surface area contributed by atoms with E-state index in [9.17, 15) is 14.4 Å². The van der Waals surface area contributed by atoms with Crippen LogP contribution in [-0.2, 0) is 9.53 Å². The summed E-state index contributed by atoms with van der Waals surface area (Å²) in [6.07, 6.45) is 1.61. The van der Waals surface area contributed by atoms with Crippen molar-refractivity contribution in [3.8, 4) is 17.6 Å². The summed E-state index contributed by atoms with van der Waals surface area (Å²) < 4.78 is 28.5. The van der Waals surface area contributed by atoms with Gasteiger partial charge in [0.05, 0.1) is 30.8 Å². The Hall–Kier alpha value is -3.86. The molecule has 0 fully saturated rings. The Kier molecular flexibility index (Phi) is 5.56. The number of methoxy groups -OCH3 is 2. The van der Waals surface area contributed by atoms with Crippen molar-refractivity contribution in [1.82, 2.24) is 9.97 Å². The summed E-state index contributed by atoms with van der Waals surface area (Å²) in [5.74, 6) is 0.175. The van der Waals surface area contributed by atoms with Gasteiger partial charge >= 0.3 is 5.97 Å². The van der Waals surface area contributed by atoms with Crippen LogP contribution in [-0.4, -0.2) is 36.8 Å². The zero-order valence-electron chi connectivity index (χ0n) is 15.2. The van der Waals surface area contributed by atoms with Crippen LogP contribution in [0, 0.1) is 17.1 Å². The number of rotatable bonds is 6.